The monoisotopic (exact) mass is 322 g/mol. The number of carbonyl (C=O) groups excluding carboxylic acids is 1. The molecule has 1 saturated heterocycles. The van der Waals surface area contributed by atoms with Crippen LogP contribution in [-0.2, 0) is 11.0 Å². The molecule has 9 heteroatoms. The molecule has 1 amide bonds. The van der Waals surface area contributed by atoms with Crippen molar-refractivity contribution >= 4 is 23.3 Å². The van der Waals surface area contributed by atoms with Gasteiger partial charge in [-0.2, -0.15) is 13.2 Å². The molecule has 1 N–H and O–H groups in total. The molecule has 0 aliphatic carbocycles. The van der Waals surface area contributed by atoms with Crippen molar-refractivity contribution in [3.05, 3.63) is 17.0 Å². The largest absolute Gasteiger partial charge is 0.433 e. The van der Waals surface area contributed by atoms with Gasteiger partial charge in [-0.3, -0.25) is 4.79 Å². The molecule has 2 rings (SSSR count). The quantitative estimate of drug-likeness (QED) is 0.869. The Morgan fingerprint density at radius 3 is 2.57 bits per heavy atom. The Morgan fingerprint density at radius 2 is 1.95 bits per heavy atom. The molecule has 2 heterocycles. The van der Waals surface area contributed by atoms with E-state index >= 15 is 0 Å². The van der Waals surface area contributed by atoms with Crippen LogP contribution in [0.2, 0.25) is 5.28 Å². The number of aromatic nitrogens is 2. The summed E-state index contributed by atoms with van der Waals surface area (Å²) < 4.78 is 37.8. The third kappa shape index (κ3) is 4.45. The van der Waals surface area contributed by atoms with Gasteiger partial charge in [0.05, 0.1) is 6.54 Å². The van der Waals surface area contributed by atoms with E-state index in [0.29, 0.717) is 13.1 Å². The Morgan fingerprint density at radius 1 is 1.29 bits per heavy atom. The Balaban J connectivity index is 1.99. The van der Waals surface area contributed by atoms with Crippen LogP contribution in [0.5, 0.6) is 0 Å². The summed E-state index contributed by atoms with van der Waals surface area (Å²) in [6, 6.07) is 0.732. The van der Waals surface area contributed by atoms with E-state index in [1.165, 1.54) is 0 Å². The van der Waals surface area contributed by atoms with Crippen LogP contribution in [0.3, 0.4) is 0 Å². The van der Waals surface area contributed by atoms with Gasteiger partial charge in [0, 0.05) is 19.2 Å². The van der Waals surface area contributed by atoms with Gasteiger partial charge >= 0.3 is 6.18 Å². The Bertz CT molecular complexity index is 518. The summed E-state index contributed by atoms with van der Waals surface area (Å²) >= 11 is 5.46. The van der Waals surface area contributed by atoms with Crippen LogP contribution in [0.1, 0.15) is 25.0 Å². The molecule has 1 fully saturated rings. The Hall–Kier alpha value is -1.57. The second kappa shape index (κ2) is 6.46. The van der Waals surface area contributed by atoms with E-state index in [1.54, 1.807) is 4.90 Å². The highest BCUT2D eigenvalue weighted by molar-refractivity contribution is 6.28. The van der Waals surface area contributed by atoms with Gasteiger partial charge in [0.2, 0.25) is 11.2 Å². The third-order valence-electron chi connectivity index (χ3n) is 3.12. The van der Waals surface area contributed by atoms with Crippen molar-refractivity contribution in [3.8, 4) is 0 Å². The first-order chi connectivity index (χ1) is 9.86. The van der Waals surface area contributed by atoms with E-state index < -0.39 is 17.2 Å². The number of likely N-dealkylation sites (tertiary alicyclic amines) is 1. The van der Waals surface area contributed by atoms with Gasteiger partial charge in [0.25, 0.3) is 0 Å². The van der Waals surface area contributed by atoms with E-state index in [9.17, 15) is 18.0 Å². The number of piperidine rings is 1. The average Bonchev–Trinajstić information content (AvgIpc) is 2.44. The summed E-state index contributed by atoms with van der Waals surface area (Å²) in [5, 5.41) is 2.05. The Labute approximate surface area is 124 Å². The van der Waals surface area contributed by atoms with Crippen LogP contribution in [0, 0.1) is 0 Å². The molecular weight excluding hydrogens is 309 g/mol. The lowest BCUT2D eigenvalue weighted by Gasteiger charge is -2.26. The van der Waals surface area contributed by atoms with Gasteiger partial charge in [0.15, 0.2) is 5.69 Å². The molecule has 5 nitrogen and oxygen atoms in total. The Kier molecular flexibility index (Phi) is 4.87. The lowest BCUT2D eigenvalue weighted by atomic mass is 10.1. The van der Waals surface area contributed by atoms with Crippen LogP contribution in [0.4, 0.5) is 19.0 Å². The maximum Gasteiger partial charge on any atom is 0.433 e. The van der Waals surface area contributed by atoms with Crippen molar-refractivity contribution in [2.45, 2.75) is 25.4 Å². The lowest BCUT2D eigenvalue weighted by Crippen LogP contribution is -2.39. The number of alkyl halides is 3. The van der Waals surface area contributed by atoms with Gasteiger partial charge in [-0.05, 0) is 30.9 Å². The number of hydrogen-bond acceptors (Lipinski definition) is 4. The van der Waals surface area contributed by atoms with Gasteiger partial charge < -0.3 is 10.2 Å². The first-order valence-corrected chi connectivity index (χ1v) is 6.87. The minimum atomic E-state index is -4.61. The van der Waals surface area contributed by atoms with E-state index in [2.05, 4.69) is 15.3 Å². The predicted molar refractivity (Wildman–Crippen MR) is 71.0 cm³/mol. The molecule has 0 saturated carbocycles. The minimum Gasteiger partial charge on any atom is -0.361 e. The van der Waals surface area contributed by atoms with E-state index in [4.69, 9.17) is 11.6 Å². The molecule has 116 valence electrons. The number of rotatable bonds is 3. The summed E-state index contributed by atoms with van der Waals surface area (Å²) in [6.45, 7) is 1.24. The van der Waals surface area contributed by atoms with Crippen molar-refractivity contribution in [2.24, 2.45) is 0 Å². The topological polar surface area (TPSA) is 58.1 Å². The van der Waals surface area contributed by atoms with Gasteiger partial charge in [-0.15, -0.1) is 0 Å². The predicted octanol–water partition coefficient (Wildman–Crippen LogP) is 2.57. The van der Waals surface area contributed by atoms with E-state index in [0.717, 1.165) is 25.3 Å². The fourth-order valence-corrected chi connectivity index (χ4v) is 2.26. The molecule has 0 atom stereocenters. The summed E-state index contributed by atoms with van der Waals surface area (Å²) in [6.07, 6.45) is -1.62. The highest BCUT2D eigenvalue weighted by Gasteiger charge is 2.33. The van der Waals surface area contributed by atoms with Crippen LogP contribution < -0.4 is 5.32 Å². The summed E-state index contributed by atoms with van der Waals surface area (Å²) in [7, 11) is 0. The molecule has 0 radical (unpaired) electrons. The molecule has 1 aliphatic rings. The highest BCUT2D eigenvalue weighted by Crippen LogP contribution is 2.29. The van der Waals surface area contributed by atoms with Crippen molar-refractivity contribution in [3.63, 3.8) is 0 Å². The number of amides is 1. The van der Waals surface area contributed by atoms with Crippen LogP contribution >= 0.6 is 11.6 Å². The zero-order chi connectivity index (χ0) is 15.5. The highest BCUT2D eigenvalue weighted by atomic mass is 35.5. The summed E-state index contributed by atoms with van der Waals surface area (Å²) in [5.41, 5.74) is -1.14. The maximum absolute atomic E-state index is 12.6. The molecule has 0 unspecified atom stereocenters. The van der Waals surface area contributed by atoms with Gasteiger partial charge in [0.1, 0.15) is 5.82 Å². The standard InChI is InChI=1S/C12H14ClF3N4O/c13-11-18-8(12(14,15)16)6-9(19-11)17-7-10(21)20-4-2-1-3-5-20/h6H,1-5,7H2,(H,17,18,19). The van der Waals surface area contributed by atoms with Crippen LogP contribution in [0.15, 0.2) is 6.07 Å². The number of hydrogen-bond donors (Lipinski definition) is 1. The zero-order valence-electron chi connectivity index (χ0n) is 11.1. The molecule has 1 aromatic heterocycles. The molecule has 21 heavy (non-hydrogen) atoms. The maximum atomic E-state index is 12.6. The molecule has 0 aromatic carbocycles. The second-order valence-electron chi connectivity index (χ2n) is 4.70. The molecule has 0 spiro atoms. The lowest BCUT2D eigenvalue weighted by molar-refractivity contribution is -0.141. The van der Waals surface area contributed by atoms with Crippen LogP contribution in [0.25, 0.3) is 0 Å². The van der Waals surface area contributed by atoms with Crippen LogP contribution in [-0.4, -0.2) is 40.4 Å². The second-order valence-corrected chi connectivity index (χ2v) is 5.04. The first-order valence-electron chi connectivity index (χ1n) is 6.49. The fourth-order valence-electron chi connectivity index (χ4n) is 2.07. The summed E-state index contributed by atoms with van der Waals surface area (Å²) in [4.78, 5) is 20.3. The number of nitrogens with zero attached hydrogens (tertiary/aromatic N) is 3. The molecule has 1 aromatic rings. The summed E-state index contributed by atoms with van der Waals surface area (Å²) in [5.74, 6) is -0.286. The fraction of sp³-hybridized carbons (Fsp3) is 0.583. The van der Waals surface area contributed by atoms with Crippen molar-refractivity contribution in [1.82, 2.24) is 14.9 Å². The van der Waals surface area contributed by atoms with Crippen molar-refractivity contribution in [1.29, 1.82) is 0 Å². The number of carbonyl (C=O) groups is 1. The average molecular weight is 323 g/mol. The van der Waals surface area contributed by atoms with Crippen molar-refractivity contribution < 1.29 is 18.0 Å². The number of nitrogens with one attached hydrogen (secondary N) is 1. The molecular formula is C12H14ClF3N4O. The minimum absolute atomic E-state index is 0.118. The SMILES string of the molecule is O=C(CNc1cc(C(F)(F)F)nc(Cl)n1)N1CCCCC1. The normalized spacial score (nSPS) is 15.9. The third-order valence-corrected chi connectivity index (χ3v) is 3.29. The van der Waals surface area contributed by atoms with Gasteiger partial charge in [-0.25, -0.2) is 9.97 Å². The first kappa shape index (κ1) is 15.8. The zero-order valence-corrected chi connectivity index (χ0v) is 11.8. The van der Waals surface area contributed by atoms with E-state index in [-0.39, 0.29) is 18.3 Å². The van der Waals surface area contributed by atoms with Crippen molar-refractivity contribution in [2.75, 3.05) is 25.0 Å². The smallest absolute Gasteiger partial charge is 0.361 e. The number of halogens is 4. The number of anilines is 1. The molecule has 1 aliphatic heterocycles. The molecule has 0 bridgehead atoms. The van der Waals surface area contributed by atoms with Gasteiger partial charge in [-0.1, -0.05) is 0 Å². The van der Waals surface area contributed by atoms with E-state index in [1.807, 2.05) is 0 Å².